The summed E-state index contributed by atoms with van der Waals surface area (Å²) in [6, 6.07) is 0. The summed E-state index contributed by atoms with van der Waals surface area (Å²) in [7, 11) is 2.01. The minimum absolute atomic E-state index is 0.243. The van der Waals surface area contributed by atoms with Gasteiger partial charge in [0.15, 0.2) is 0 Å². The first-order valence-corrected chi connectivity index (χ1v) is 6.04. The molecular weight excluding hydrogens is 172 g/mol. The quantitative estimate of drug-likeness (QED) is 0.683. The lowest BCUT2D eigenvalue weighted by atomic mass is 10.0. The van der Waals surface area contributed by atoms with Crippen molar-refractivity contribution in [3.63, 3.8) is 0 Å². The first-order chi connectivity index (χ1) is 6.64. The van der Waals surface area contributed by atoms with Crippen LogP contribution < -0.4 is 10.6 Å². The molecule has 0 saturated heterocycles. The Morgan fingerprint density at radius 3 is 2.43 bits per heavy atom. The molecule has 2 heteroatoms. The van der Waals surface area contributed by atoms with Crippen LogP contribution in [0.4, 0.5) is 0 Å². The van der Waals surface area contributed by atoms with Gasteiger partial charge < -0.3 is 10.6 Å². The van der Waals surface area contributed by atoms with Crippen LogP contribution in [0.15, 0.2) is 0 Å². The summed E-state index contributed by atoms with van der Waals surface area (Å²) in [6.45, 7) is 6.74. The van der Waals surface area contributed by atoms with Crippen LogP contribution in [0.1, 0.15) is 46.0 Å². The molecule has 0 aliphatic heterocycles. The Hall–Kier alpha value is -0.0800. The van der Waals surface area contributed by atoms with Crippen LogP contribution in [0, 0.1) is 5.92 Å². The molecule has 0 amide bonds. The second kappa shape index (κ2) is 5.72. The van der Waals surface area contributed by atoms with E-state index in [1.54, 1.807) is 0 Å². The van der Waals surface area contributed by atoms with Crippen molar-refractivity contribution in [1.29, 1.82) is 0 Å². The van der Waals surface area contributed by atoms with Gasteiger partial charge in [-0.2, -0.15) is 0 Å². The van der Waals surface area contributed by atoms with E-state index in [1.165, 1.54) is 38.6 Å². The Kier molecular flexibility index (Phi) is 4.90. The summed E-state index contributed by atoms with van der Waals surface area (Å²) in [4.78, 5) is 0. The lowest BCUT2D eigenvalue weighted by molar-refractivity contribution is 0.353. The Bertz CT molecular complexity index is 148. The smallest absolute Gasteiger partial charge is 0.0249 e. The highest BCUT2D eigenvalue weighted by Crippen LogP contribution is 2.27. The summed E-state index contributed by atoms with van der Waals surface area (Å²) in [5.41, 5.74) is 0.243. The second-order valence-corrected chi connectivity index (χ2v) is 5.28. The molecule has 0 atom stereocenters. The summed E-state index contributed by atoms with van der Waals surface area (Å²) in [6.07, 6.45) is 7.23. The molecule has 0 heterocycles. The van der Waals surface area contributed by atoms with E-state index in [1.807, 2.05) is 7.05 Å². The first-order valence-electron chi connectivity index (χ1n) is 6.04. The molecule has 1 saturated carbocycles. The van der Waals surface area contributed by atoms with Gasteiger partial charge in [0.25, 0.3) is 0 Å². The largest absolute Gasteiger partial charge is 0.318 e. The minimum atomic E-state index is 0.243. The monoisotopic (exact) mass is 198 g/mol. The van der Waals surface area contributed by atoms with Crippen molar-refractivity contribution in [2.45, 2.75) is 51.5 Å². The molecule has 2 N–H and O–H groups in total. The molecule has 0 spiro atoms. The van der Waals surface area contributed by atoms with Gasteiger partial charge in [0.2, 0.25) is 0 Å². The maximum Gasteiger partial charge on any atom is 0.0249 e. The van der Waals surface area contributed by atoms with Crippen LogP contribution in [0.5, 0.6) is 0 Å². The molecule has 1 aliphatic carbocycles. The molecule has 0 aromatic heterocycles. The third kappa shape index (κ3) is 4.43. The van der Waals surface area contributed by atoms with Gasteiger partial charge in [-0.1, -0.05) is 25.7 Å². The van der Waals surface area contributed by atoms with E-state index in [9.17, 15) is 0 Å². The Morgan fingerprint density at radius 2 is 1.86 bits per heavy atom. The molecule has 2 nitrogen and oxygen atoms in total. The Morgan fingerprint density at radius 1 is 1.21 bits per heavy atom. The van der Waals surface area contributed by atoms with Gasteiger partial charge in [-0.15, -0.1) is 0 Å². The normalized spacial score (nSPS) is 19.1. The van der Waals surface area contributed by atoms with Gasteiger partial charge >= 0.3 is 0 Å². The average molecular weight is 198 g/mol. The van der Waals surface area contributed by atoms with Crippen LogP contribution in [-0.2, 0) is 0 Å². The van der Waals surface area contributed by atoms with Crippen molar-refractivity contribution in [2.75, 3.05) is 20.1 Å². The maximum absolute atomic E-state index is 3.62. The van der Waals surface area contributed by atoms with Crippen molar-refractivity contribution in [2.24, 2.45) is 5.92 Å². The van der Waals surface area contributed by atoms with Crippen molar-refractivity contribution >= 4 is 0 Å². The van der Waals surface area contributed by atoms with Gasteiger partial charge in [0, 0.05) is 12.1 Å². The SMILES string of the molecule is CNCC(C)(C)NCCC1CCCC1. The highest BCUT2D eigenvalue weighted by Gasteiger charge is 2.18. The van der Waals surface area contributed by atoms with E-state index in [-0.39, 0.29) is 5.54 Å². The predicted octanol–water partition coefficient (Wildman–Crippen LogP) is 2.15. The van der Waals surface area contributed by atoms with Crippen LogP contribution >= 0.6 is 0 Å². The van der Waals surface area contributed by atoms with Crippen LogP contribution in [0.3, 0.4) is 0 Å². The van der Waals surface area contributed by atoms with E-state index in [0.29, 0.717) is 0 Å². The van der Waals surface area contributed by atoms with E-state index in [0.717, 1.165) is 12.5 Å². The molecule has 0 aromatic rings. The zero-order valence-electron chi connectivity index (χ0n) is 10.0. The highest BCUT2D eigenvalue weighted by molar-refractivity contribution is 4.80. The number of nitrogens with one attached hydrogen (secondary N) is 2. The molecule has 14 heavy (non-hydrogen) atoms. The molecule has 0 aromatic carbocycles. The third-order valence-electron chi connectivity index (χ3n) is 3.25. The van der Waals surface area contributed by atoms with E-state index in [2.05, 4.69) is 24.5 Å². The predicted molar refractivity (Wildman–Crippen MR) is 62.6 cm³/mol. The summed E-state index contributed by atoms with van der Waals surface area (Å²) in [5.74, 6) is 1.01. The van der Waals surface area contributed by atoms with E-state index >= 15 is 0 Å². The molecule has 0 radical (unpaired) electrons. The van der Waals surface area contributed by atoms with Crippen LogP contribution in [0.25, 0.3) is 0 Å². The van der Waals surface area contributed by atoms with Crippen molar-refractivity contribution in [3.05, 3.63) is 0 Å². The molecule has 0 bridgehead atoms. The lowest BCUT2D eigenvalue weighted by Crippen LogP contribution is -2.47. The fourth-order valence-corrected chi connectivity index (χ4v) is 2.42. The average Bonchev–Trinajstić information content (AvgIpc) is 2.56. The fraction of sp³-hybridized carbons (Fsp3) is 1.00. The summed E-state index contributed by atoms with van der Waals surface area (Å²) >= 11 is 0. The van der Waals surface area contributed by atoms with E-state index < -0.39 is 0 Å². The van der Waals surface area contributed by atoms with Crippen molar-refractivity contribution in [3.8, 4) is 0 Å². The molecule has 0 unspecified atom stereocenters. The summed E-state index contributed by atoms with van der Waals surface area (Å²) in [5, 5.41) is 6.85. The minimum Gasteiger partial charge on any atom is -0.318 e. The van der Waals surface area contributed by atoms with Gasteiger partial charge in [-0.25, -0.2) is 0 Å². The van der Waals surface area contributed by atoms with E-state index in [4.69, 9.17) is 0 Å². The number of likely N-dealkylation sites (N-methyl/N-ethyl adjacent to an activating group) is 1. The molecule has 1 rings (SSSR count). The highest BCUT2D eigenvalue weighted by atomic mass is 15.0. The zero-order chi connectivity index (χ0) is 10.4. The van der Waals surface area contributed by atoms with Crippen LogP contribution in [0.2, 0.25) is 0 Å². The Balaban J connectivity index is 2.07. The lowest BCUT2D eigenvalue weighted by Gasteiger charge is -2.26. The molecule has 1 fully saturated rings. The maximum atomic E-state index is 3.62. The van der Waals surface area contributed by atoms with Gasteiger partial charge in [0.05, 0.1) is 0 Å². The van der Waals surface area contributed by atoms with Crippen molar-refractivity contribution < 1.29 is 0 Å². The number of rotatable bonds is 6. The van der Waals surface area contributed by atoms with Crippen molar-refractivity contribution in [1.82, 2.24) is 10.6 Å². The van der Waals surface area contributed by atoms with Gasteiger partial charge in [-0.05, 0) is 39.8 Å². The van der Waals surface area contributed by atoms with Crippen LogP contribution in [-0.4, -0.2) is 25.7 Å². The van der Waals surface area contributed by atoms with Gasteiger partial charge in [0.1, 0.15) is 0 Å². The first kappa shape index (κ1) is 12.0. The second-order valence-electron chi connectivity index (χ2n) is 5.28. The standard InChI is InChI=1S/C12H26N2/c1-12(2,10-13-3)14-9-8-11-6-4-5-7-11/h11,13-14H,4-10H2,1-3H3. The number of hydrogen-bond donors (Lipinski definition) is 2. The Labute approximate surface area is 88.8 Å². The van der Waals surface area contributed by atoms with Gasteiger partial charge in [-0.3, -0.25) is 0 Å². The molecule has 1 aliphatic rings. The zero-order valence-corrected chi connectivity index (χ0v) is 10.0. The number of hydrogen-bond acceptors (Lipinski definition) is 2. The third-order valence-corrected chi connectivity index (χ3v) is 3.25. The molecular formula is C12H26N2. The molecule has 84 valence electrons. The fourth-order valence-electron chi connectivity index (χ4n) is 2.42. The topological polar surface area (TPSA) is 24.1 Å². The summed E-state index contributed by atoms with van der Waals surface area (Å²) < 4.78 is 0.